The summed E-state index contributed by atoms with van der Waals surface area (Å²) in [6, 6.07) is 4.01. The number of ether oxygens (including phenoxy) is 1. The highest BCUT2D eigenvalue weighted by molar-refractivity contribution is 5.53. The molecule has 0 spiro atoms. The van der Waals surface area contributed by atoms with E-state index in [0.29, 0.717) is 0 Å². The van der Waals surface area contributed by atoms with E-state index in [1.807, 2.05) is 19.1 Å². The van der Waals surface area contributed by atoms with Gasteiger partial charge in [-0.2, -0.15) is 0 Å². The minimum Gasteiger partial charge on any atom is -0.496 e. The van der Waals surface area contributed by atoms with Crippen LogP contribution in [0, 0.1) is 6.92 Å². The van der Waals surface area contributed by atoms with E-state index in [2.05, 4.69) is 13.8 Å². The van der Waals surface area contributed by atoms with E-state index in [4.69, 9.17) is 4.74 Å². The van der Waals surface area contributed by atoms with Gasteiger partial charge in [0.05, 0.1) is 13.2 Å². The Balaban J connectivity index is 2.71. The second-order valence-corrected chi connectivity index (χ2v) is 4.98. The molecule has 1 aromatic rings. The van der Waals surface area contributed by atoms with E-state index < -0.39 is 0 Å². The van der Waals surface area contributed by atoms with Crippen LogP contribution in [0.2, 0.25) is 0 Å². The number of fused-ring (bicyclic) bond motifs is 1. The minimum atomic E-state index is -0.343. The van der Waals surface area contributed by atoms with Gasteiger partial charge >= 0.3 is 0 Å². The van der Waals surface area contributed by atoms with Crippen LogP contribution < -0.4 is 4.74 Å². The number of aliphatic hydroxyl groups is 1. The highest BCUT2D eigenvalue weighted by Crippen LogP contribution is 2.49. The zero-order valence-electron chi connectivity index (χ0n) is 9.79. The van der Waals surface area contributed by atoms with Crippen LogP contribution >= 0.6 is 0 Å². The molecule has 0 saturated heterocycles. The maximum absolute atomic E-state index is 10.1. The molecule has 0 radical (unpaired) electrons. The predicted octanol–water partition coefficient (Wildman–Crippen LogP) is 2.72. The molecule has 1 N–H and O–H groups in total. The largest absolute Gasteiger partial charge is 0.496 e. The van der Waals surface area contributed by atoms with Crippen molar-refractivity contribution in [2.75, 3.05) is 7.11 Å². The van der Waals surface area contributed by atoms with Gasteiger partial charge in [-0.3, -0.25) is 0 Å². The average molecular weight is 206 g/mol. The molecule has 2 heteroatoms. The molecule has 0 aromatic heterocycles. The third-order valence-corrected chi connectivity index (χ3v) is 3.36. The Morgan fingerprint density at radius 3 is 2.67 bits per heavy atom. The summed E-state index contributed by atoms with van der Waals surface area (Å²) in [5, 5.41) is 10.1. The summed E-state index contributed by atoms with van der Waals surface area (Å²) in [5.74, 6) is 0.900. The summed E-state index contributed by atoms with van der Waals surface area (Å²) >= 11 is 0. The smallest absolute Gasteiger partial charge is 0.122 e. The summed E-state index contributed by atoms with van der Waals surface area (Å²) in [4.78, 5) is 0. The van der Waals surface area contributed by atoms with Crippen molar-refractivity contribution in [3.05, 3.63) is 28.8 Å². The second kappa shape index (κ2) is 3.24. The highest BCUT2D eigenvalue weighted by Gasteiger charge is 2.39. The fraction of sp³-hybridized carbons (Fsp3) is 0.538. The lowest BCUT2D eigenvalue weighted by molar-refractivity contribution is 0.161. The molecule has 0 unspecified atom stereocenters. The van der Waals surface area contributed by atoms with Crippen LogP contribution in [0.3, 0.4) is 0 Å². The van der Waals surface area contributed by atoms with Gasteiger partial charge in [-0.15, -0.1) is 0 Å². The molecule has 15 heavy (non-hydrogen) atoms. The van der Waals surface area contributed by atoms with Crippen molar-refractivity contribution in [2.24, 2.45) is 0 Å². The third kappa shape index (κ3) is 1.44. The maximum atomic E-state index is 10.1. The summed E-state index contributed by atoms with van der Waals surface area (Å²) in [6.07, 6.45) is 0.439. The van der Waals surface area contributed by atoms with Crippen LogP contribution in [-0.2, 0) is 5.41 Å². The SMILES string of the molecule is COc1ccc(C)c2c1C(C)(C)C[C@H]2O. The molecule has 1 aromatic carbocycles. The van der Waals surface area contributed by atoms with E-state index in [0.717, 1.165) is 23.3 Å². The van der Waals surface area contributed by atoms with Gasteiger partial charge in [-0.05, 0) is 36.0 Å². The van der Waals surface area contributed by atoms with Crippen LogP contribution in [0.5, 0.6) is 5.75 Å². The first kappa shape index (κ1) is 10.5. The number of benzene rings is 1. The van der Waals surface area contributed by atoms with E-state index in [1.165, 1.54) is 5.56 Å². The van der Waals surface area contributed by atoms with Gasteiger partial charge in [0.15, 0.2) is 0 Å². The van der Waals surface area contributed by atoms with Gasteiger partial charge < -0.3 is 9.84 Å². The van der Waals surface area contributed by atoms with E-state index in [-0.39, 0.29) is 11.5 Å². The number of methoxy groups -OCH3 is 1. The predicted molar refractivity (Wildman–Crippen MR) is 60.3 cm³/mol. The van der Waals surface area contributed by atoms with Gasteiger partial charge in [0.25, 0.3) is 0 Å². The van der Waals surface area contributed by atoms with Crippen molar-refractivity contribution < 1.29 is 9.84 Å². The molecule has 0 aliphatic heterocycles. The van der Waals surface area contributed by atoms with Crippen molar-refractivity contribution in [1.29, 1.82) is 0 Å². The monoisotopic (exact) mass is 206 g/mol. The fourth-order valence-corrected chi connectivity index (χ4v) is 2.69. The van der Waals surface area contributed by atoms with E-state index in [9.17, 15) is 5.11 Å². The molecular weight excluding hydrogens is 188 g/mol. The van der Waals surface area contributed by atoms with E-state index >= 15 is 0 Å². The number of aliphatic hydroxyl groups excluding tert-OH is 1. The van der Waals surface area contributed by atoms with Crippen molar-refractivity contribution in [1.82, 2.24) is 0 Å². The quantitative estimate of drug-likeness (QED) is 0.765. The Morgan fingerprint density at radius 2 is 2.07 bits per heavy atom. The molecule has 0 saturated carbocycles. The Bertz CT molecular complexity index is 394. The first-order valence-electron chi connectivity index (χ1n) is 5.33. The molecule has 1 atom stereocenters. The zero-order chi connectivity index (χ0) is 11.2. The minimum absolute atomic E-state index is 0.00606. The zero-order valence-corrected chi connectivity index (χ0v) is 9.79. The molecule has 1 aliphatic carbocycles. The van der Waals surface area contributed by atoms with Gasteiger partial charge in [0.1, 0.15) is 5.75 Å². The summed E-state index contributed by atoms with van der Waals surface area (Å²) in [7, 11) is 1.69. The molecular formula is C13H18O2. The van der Waals surface area contributed by atoms with Crippen molar-refractivity contribution in [3.8, 4) is 5.75 Å². The number of hydrogen-bond acceptors (Lipinski definition) is 2. The maximum Gasteiger partial charge on any atom is 0.122 e. The van der Waals surface area contributed by atoms with Crippen LogP contribution in [-0.4, -0.2) is 12.2 Å². The molecule has 1 aliphatic rings. The Morgan fingerprint density at radius 1 is 1.40 bits per heavy atom. The second-order valence-electron chi connectivity index (χ2n) is 4.98. The molecule has 2 nitrogen and oxygen atoms in total. The molecule has 0 fully saturated rings. The molecule has 0 bridgehead atoms. The van der Waals surface area contributed by atoms with Crippen molar-refractivity contribution in [2.45, 2.75) is 38.7 Å². The normalized spacial score (nSPS) is 22.6. The first-order valence-corrected chi connectivity index (χ1v) is 5.33. The molecule has 2 rings (SSSR count). The molecule has 0 amide bonds. The number of rotatable bonds is 1. The Labute approximate surface area is 90.9 Å². The Kier molecular flexibility index (Phi) is 2.27. The lowest BCUT2D eigenvalue weighted by atomic mass is 9.85. The first-order chi connectivity index (χ1) is 6.97. The van der Waals surface area contributed by atoms with Crippen LogP contribution in [0.1, 0.15) is 43.1 Å². The third-order valence-electron chi connectivity index (χ3n) is 3.36. The molecule has 0 heterocycles. The molecule has 82 valence electrons. The standard InChI is InChI=1S/C13H18O2/c1-8-5-6-10(15-4)12-11(8)9(14)7-13(12,2)3/h5-6,9,14H,7H2,1-4H3/t9-/m1/s1. The number of aryl methyl sites for hydroxylation is 1. The van der Waals surface area contributed by atoms with Crippen LogP contribution in [0.15, 0.2) is 12.1 Å². The van der Waals surface area contributed by atoms with Gasteiger partial charge in [0, 0.05) is 5.56 Å². The summed E-state index contributed by atoms with van der Waals surface area (Å²) in [5.41, 5.74) is 3.41. The van der Waals surface area contributed by atoms with Crippen molar-refractivity contribution >= 4 is 0 Å². The lowest BCUT2D eigenvalue weighted by Gasteiger charge is -2.21. The lowest BCUT2D eigenvalue weighted by Crippen LogP contribution is -2.13. The average Bonchev–Trinajstić information content (AvgIpc) is 2.39. The van der Waals surface area contributed by atoms with Gasteiger partial charge in [0.2, 0.25) is 0 Å². The Hall–Kier alpha value is -1.02. The van der Waals surface area contributed by atoms with Gasteiger partial charge in [-0.1, -0.05) is 19.9 Å². The topological polar surface area (TPSA) is 29.5 Å². The fourth-order valence-electron chi connectivity index (χ4n) is 2.69. The summed E-state index contributed by atoms with van der Waals surface area (Å²) < 4.78 is 5.38. The highest BCUT2D eigenvalue weighted by atomic mass is 16.5. The van der Waals surface area contributed by atoms with Crippen LogP contribution in [0.25, 0.3) is 0 Å². The van der Waals surface area contributed by atoms with E-state index in [1.54, 1.807) is 7.11 Å². The van der Waals surface area contributed by atoms with Gasteiger partial charge in [-0.25, -0.2) is 0 Å². The summed E-state index contributed by atoms with van der Waals surface area (Å²) in [6.45, 7) is 6.36. The van der Waals surface area contributed by atoms with Crippen molar-refractivity contribution in [3.63, 3.8) is 0 Å². The van der Waals surface area contributed by atoms with Crippen LogP contribution in [0.4, 0.5) is 0 Å². The number of hydrogen-bond donors (Lipinski definition) is 1.